The molecule has 15 heteroatoms. The zero-order valence-corrected chi connectivity index (χ0v) is 25.7. The van der Waals surface area contributed by atoms with Gasteiger partial charge in [0.05, 0.1) is 16.0 Å². The minimum Gasteiger partial charge on any atom is -0.341 e. The highest BCUT2D eigenvalue weighted by Crippen LogP contribution is 2.39. The highest BCUT2D eigenvalue weighted by atomic mass is 32.2. The molecule has 2 amide bonds. The van der Waals surface area contributed by atoms with E-state index in [2.05, 4.69) is 5.32 Å². The first kappa shape index (κ1) is 34.9. The molecule has 0 aromatic heterocycles. The minimum absolute atomic E-state index is 0.00219. The van der Waals surface area contributed by atoms with Gasteiger partial charge in [0, 0.05) is 51.1 Å². The van der Waals surface area contributed by atoms with Crippen LogP contribution in [0.4, 0.5) is 36.4 Å². The third-order valence-corrected chi connectivity index (χ3v) is 9.66. The molecule has 0 bridgehead atoms. The van der Waals surface area contributed by atoms with Crippen molar-refractivity contribution in [1.29, 1.82) is 0 Å². The Hall–Kier alpha value is -3.98. The van der Waals surface area contributed by atoms with Crippen LogP contribution in [0.1, 0.15) is 47.1 Å². The zero-order valence-electron chi connectivity index (χ0n) is 24.8. The van der Waals surface area contributed by atoms with Gasteiger partial charge in [-0.05, 0) is 84.6 Å². The molecular formula is C31H30F7N3O4S. The quantitative estimate of drug-likeness (QED) is 0.287. The first-order valence-electron chi connectivity index (χ1n) is 13.9. The number of nitrogens with one attached hydrogen (secondary N) is 1. The van der Waals surface area contributed by atoms with Gasteiger partial charge < -0.3 is 10.2 Å². The van der Waals surface area contributed by atoms with Crippen LogP contribution < -0.4 is 5.32 Å². The number of carbonyl (C=O) groups excluding carboxylic acids is 2. The van der Waals surface area contributed by atoms with Gasteiger partial charge in [-0.25, -0.2) is 12.8 Å². The van der Waals surface area contributed by atoms with E-state index < -0.39 is 69.2 Å². The van der Waals surface area contributed by atoms with Crippen molar-refractivity contribution in [3.8, 4) is 0 Å². The number of halogens is 7. The van der Waals surface area contributed by atoms with E-state index in [1.54, 1.807) is 6.92 Å². The number of anilines is 1. The van der Waals surface area contributed by atoms with Gasteiger partial charge >= 0.3 is 12.4 Å². The predicted octanol–water partition coefficient (Wildman–Crippen LogP) is 6.58. The third-order valence-electron chi connectivity index (χ3n) is 7.78. The lowest BCUT2D eigenvalue weighted by molar-refractivity contribution is -0.143. The first-order valence-corrected chi connectivity index (χ1v) is 15.4. The number of piperidine rings is 1. The molecule has 4 rings (SSSR count). The molecular weight excluding hydrogens is 643 g/mol. The number of hydrogen-bond donors (Lipinski definition) is 1. The summed E-state index contributed by atoms with van der Waals surface area (Å²) >= 11 is 0. The Kier molecular flexibility index (Phi) is 9.88. The summed E-state index contributed by atoms with van der Waals surface area (Å²) in [6.45, 7) is 1.95. The molecule has 7 nitrogen and oxygen atoms in total. The van der Waals surface area contributed by atoms with Gasteiger partial charge in [0.15, 0.2) is 0 Å². The fourth-order valence-corrected chi connectivity index (χ4v) is 7.10. The second-order valence-corrected chi connectivity index (χ2v) is 13.1. The Morgan fingerprint density at radius 3 is 2.04 bits per heavy atom. The fraction of sp³-hybridized carbons (Fsp3) is 0.355. The Morgan fingerprint density at radius 1 is 0.935 bits per heavy atom. The van der Waals surface area contributed by atoms with Gasteiger partial charge in [-0.3, -0.25) is 9.59 Å². The average Bonchev–Trinajstić information content (AvgIpc) is 2.95. The van der Waals surface area contributed by atoms with Gasteiger partial charge in [0.2, 0.25) is 21.8 Å². The molecule has 0 spiro atoms. The molecule has 0 aliphatic carbocycles. The van der Waals surface area contributed by atoms with Crippen LogP contribution in [0.25, 0.3) is 0 Å². The van der Waals surface area contributed by atoms with Crippen molar-refractivity contribution in [3.05, 3.63) is 94.3 Å². The molecule has 3 aromatic carbocycles. The van der Waals surface area contributed by atoms with E-state index >= 15 is 0 Å². The molecule has 2 atom stereocenters. The van der Waals surface area contributed by atoms with E-state index in [4.69, 9.17) is 0 Å². The summed E-state index contributed by atoms with van der Waals surface area (Å²) < 4.78 is 123. The number of aryl methyl sites for hydroxylation is 1. The van der Waals surface area contributed by atoms with Crippen LogP contribution in [0.5, 0.6) is 0 Å². The Bertz CT molecular complexity index is 1690. The van der Waals surface area contributed by atoms with Crippen molar-refractivity contribution in [1.82, 2.24) is 9.21 Å². The van der Waals surface area contributed by atoms with E-state index in [1.807, 2.05) is 0 Å². The lowest BCUT2D eigenvalue weighted by Crippen LogP contribution is -2.47. The van der Waals surface area contributed by atoms with Crippen molar-refractivity contribution >= 4 is 27.5 Å². The van der Waals surface area contributed by atoms with Crippen molar-refractivity contribution in [2.45, 2.75) is 50.0 Å². The monoisotopic (exact) mass is 673 g/mol. The number of benzene rings is 3. The summed E-state index contributed by atoms with van der Waals surface area (Å²) in [4.78, 5) is 26.0. The molecule has 2 unspecified atom stereocenters. The standard InChI is InChI=1S/C31H30F7N3O4S/c1-18-12-23(32)4-9-26(18)28-17-41(46(44,45)25-7-5-24(6-8-25)39-19(2)42)11-10-27(28)29(43)40(3)16-20-13-21(30(33,34)35)15-22(14-20)31(36,37)38/h4-9,12-15,27-28H,10-11,16-17H2,1-3H3,(H,39,42). The van der Waals surface area contributed by atoms with Gasteiger partial charge in [0.25, 0.3) is 0 Å². The molecule has 1 saturated heterocycles. The molecule has 3 aromatic rings. The SMILES string of the molecule is CC(=O)Nc1ccc(S(=O)(=O)N2CCC(C(=O)N(C)Cc3cc(C(F)(F)F)cc(C(F)(F)F)c3)C(c3ccc(F)cc3C)C2)cc1. The largest absolute Gasteiger partial charge is 0.416 e. The molecule has 1 heterocycles. The smallest absolute Gasteiger partial charge is 0.341 e. The predicted molar refractivity (Wildman–Crippen MR) is 154 cm³/mol. The second-order valence-electron chi connectivity index (χ2n) is 11.2. The summed E-state index contributed by atoms with van der Waals surface area (Å²) in [7, 11) is -2.88. The molecule has 1 fully saturated rings. The summed E-state index contributed by atoms with van der Waals surface area (Å²) in [5, 5.41) is 2.54. The number of nitrogens with zero attached hydrogens (tertiary/aromatic N) is 2. The minimum atomic E-state index is -5.06. The lowest BCUT2D eigenvalue weighted by atomic mass is 9.79. The van der Waals surface area contributed by atoms with Crippen LogP contribution in [-0.4, -0.2) is 49.6 Å². The Balaban J connectivity index is 1.65. The maximum absolute atomic E-state index is 14.0. The van der Waals surface area contributed by atoms with Crippen molar-refractivity contribution < 1.29 is 48.7 Å². The van der Waals surface area contributed by atoms with E-state index in [1.165, 1.54) is 54.7 Å². The Morgan fingerprint density at radius 2 is 1.52 bits per heavy atom. The number of amides is 2. The van der Waals surface area contributed by atoms with E-state index in [9.17, 15) is 48.7 Å². The van der Waals surface area contributed by atoms with Crippen LogP contribution in [-0.2, 0) is 38.5 Å². The summed E-state index contributed by atoms with van der Waals surface area (Å²) in [5.41, 5.74) is -2.15. The second kappa shape index (κ2) is 13.0. The van der Waals surface area contributed by atoms with Gasteiger partial charge in [-0.15, -0.1) is 0 Å². The maximum Gasteiger partial charge on any atom is 0.416 e. The fourth-order valence-electron chi connectivity index (χ4n) is 5.61. The molecule has 0 saturated carbocycles. The number of carbonyl (C=O) groups is 2. The van der Waals surface area contributed by atoms with Crippen LogP contribution in [0.3, 0.4) is 0 Å². The van der Waals surface area contributed by atoms with Crippen LogP contribution in [0.2, 0.25) is 0 Å². The van der Waals surface area contributed by atoms with Crippen LogP contribution in [0, 0.1) is 18.7 Å². The van der Waals surface area contributed by atoms with Gasteiger partial charge in [-0.2, -0.15) is 30.6 Å². The molecule has 1 aliphatic heterocycles. The number of hydrogen-bond acceptors (Lipinski definition) is 4. The number of rotatable bonds is 7. The van der Waals surface area contributed by atoms with Gasteiger partial charge in [-0.1, -0.05) is 6.07 Å². The highest BCUT2D eigenvalue weighted by Gasteiger charge is 2.42. The van der Waals surface area contributed by atoms with Crippen molar-refractivity contribution in [2.24, 2.45) is 5.92 Å². The number of alkyl halides is 6. The molecule has 1 aliphatic rings. The number of sulfonamides is 1. The summed E-state index contributed by atoms with van der Waals surface area (Å²) in [6.07, 6.45) is -10.2. The van der Waals surface area contributed by atoms with Crippen molar-refractivity contribution in [3.63, 3.8) is 0 Å². The average molecular weight is 674 g/mol. The Labute approximate surface area is 261 Å². The molecule has 248 valence electrons. The van der Waals surface area contributed by atoms with Crippen molar-refractivity contribution in [2.75, 3.05) is 25.5 Å². The zero-order chi connectivity index (χ0) is 34.2. The van der Waals surface area contributed by atoms with E-state index in [0.29, 0.717) is 28.9 Å². The molecule has 46 heavy (non-hydrogen) atoms. The maximum atomic E-state index is 14.0. The molecule has 0 radical (unpaired) electrons. The van der Waals surface area contributed by atoms with E-state index in [0.717, 1.165) is 11.0 Å². The summed E-state index contributed by atoms with van der Waals surface area (Å²) in [6, 6.07) is 10.4. The van der Waals surface area contributed by atoms with Crippen LogP contribution >= 0.6 is 0 Å². The first-order chi connectivity index (χ1) is 21.3. The van der Waals surface area contributed by atoms with E-state index in [-0.39, 0.29) is 36.4 Å². The van der Waals surface area contributed by atoms with Crippen LogP contribution in [0.15, 0.2) is 65.6 Å². The molecule has 1 N–H and O–H groups in total. The summed E-state index contributed by atoms with van der Waals surface area (Å²) in [5.74, 6) is -3.30. The normalized spacial score (nSPS) is 17.9. The van der Waals surface area contributed by atoms with Gasteiger partial charge in [0.1, 0.15) is 5.82 Å². The lowest BCUT2D eigenvalue weighted by Gasteiger charge is -2.39. The topological polar surface area (TPSA) is 86.8 Å². The highest BCUT2D eigenvalue weighted by molar-refractivity contribution is 7.89. The third kappa shape index (κ3) is 7.86.